The van der Waals surface area contributed by atoms with Crippen molar-refractivity contribution in [3.05, 3.63) is 18.0 Å². The highest BCUT2D eigenvalue weighted by molar-refractivity contribution is 5.03. The standard InChI is InChI=1S/C12H21N3/c1-9-3-10(2)5-12(4-9)15-8-11(6-13)7-14-15/h7-10,12H,3-6,13H2,1-2H3. The molecule has 0 saturated heterocycles. The number of aromatic nitrogens is 2. The van der Waals surface area contributed by atoms with Crippen LogP contribution in [0, 0.1) is 11.8 Å². The fourth-order valence-electron chi connectivity index (χ4n) is 2.80. The third-order valence-electron chi connectivity index (χ3n) is 3.42. The van der Waals surface area contributed by atoms with Crippen LogP contribution in [0.2, 0.25) is 0 Å². The molecule has 84 valence electrons. The fourth-order valence-corrected chi connectivity index (χ4v) is 2.80. The Labute approximate surface area is 91.7 Å². The predicted octanol–water partition coefficient (Wildman–Crippen LogP) is 2.34. The molecule has 2 rings (SSSR count). The van der Waals surface area contributed by atoms with Gasteiger partial charge in [-0.1, -0.05) is 13.8 Å². The van der Waals surface area contributed by atoms with Gasteiger partial charge in [-0.05, 0) is 31.1 Å². The van der Waals surface area contributed by atoms with Gasteiger partial charge in [0.15, 0.2) is 0 Å². The Morgan fingerprint density at radius 2 is 2.00 bits per heavy atom. The lowest BCUT2D eigenvalue weighted by molar-refractivity contribution is 0.210. The molecule has 3 nitrogen and oxygen atoms in total. The van der Waals surface area contributed by atoms with Gasteiger partial charge in [0.1, 0.15) is 0 Å². The zero-order valence-corrected chi connectivity index (χ0v) is 9.69. The van der Waals surface area contributed by atoms with Crippen LogP contribution in [0.5, 0.6) is 0 Å². The number of nitrogens with zero attached hydrogens (tertiary/aromatic N) is 2. The van der Waals surface area contributed by atoms with E-state index in [0.717, 1.165) is 17.4 Å². The van der Waals surface area contributed by atoms with Gasteiger partial charge in [-0.3, -0.25) is 4.68 Å². The van der Waals surface area contributed by atoms with E-state index in [9.17, 15) is 0 Å². The van der Waals surface area contributed by atoms with Gasteiger partial charge in [-0.15, -0.1) is 0 Å². The summed E-state index contributed by atoms with van der Waals surface area (Å²) in [6, 6.07) is 0.587. The minimum absolute atomic E-state index is 0.587. The largest absolute Gasteiger partial charge is 0.326 e. The molecule has 1 fully saturated rings. The molecule has 15 heavy (non-hydrogen) atoms. The lowest BCUT2D eigenvalue weighted by atomic mass is 9.80. The highest BCUT2D eigenvalue weighted by Gasteiger charge is 2.25. The minimum Gasteiger partial charge on any atom is -0.326 e. The van der Waals surface area contributed by atoms with Crippen molar-refractivity contribution >= 4 is 0 Å². The first-order chi connectivity index (χ1) is 7.19. The Balaban J connectivity index is 2.09. The molecule has 1 aromatic rings. The summed E-state index contributed by atoms with van der Waals surface area (Å²) in [6.45, 7) is 5.28. The maximum atomic E-state index is 5.59. The van der Waals surface area contributed by atoms with Crippen molar-refractivity contribution in [2.45, 2.75) is 45.7 Å². The topological polar surface area (TPSA) is 43.8 Å². The molecule has 1 aromatic heterocycles. The first kappa shape index (κ1) is 10.7. The molecule has 2 unspecified atom stereocenters. The van der Waals surface area contributed by atoms with Gasteiger partial charge in [-0.25, -0.2) is 0 Å². The second-order valence-electron chi connectivity index (χ2n) is 5.10. The zero-order chi connectivity index (χ0) is 10.8. The summed E-state index contributed by atoms with van der Waals surface area (Å²) in [6.07, 6.45) is 7.88. The van der Waals surface area contributed by atoms with Crippen LogP contribution in [0.4, 0.5) is 0 Å². The van der Waals surface area contributed by atoms with Crippen molar-refractivity contribution in [3.8, 4) is 0 Å². The smallest absolute Gasteiger partial charge is 0.0534 e. The monoisotopic (exact) mass is 207 g/mol. The lowest BCUT2D eigenvalue weighted by Crippen LogP contribution is -2.22. The predicted molar refractivity (Wildman–Crippen MR) is 61.3 cm³/mol. The minimum atomic E-state index is 0.587. The van der Waals surface area contributed by atoms with E-state index in [4.69, 9.17) is 5.73 Å². The summed E-state index contributed by atoms with van der Waals surface area (Å²) in [4.78, 5) is 0. The Morgan fingerprint density at radius 1 is 1.33 bits per heavy atom. The van der Waals surface area contributed by atoms with Crippen molar-refractivity contribution in [2.75, 3.05) is 0 Å². The van der Waals surface area contributed by atoms with E-state index in [2.05, 4.69) is 29.8 Å². The Bertz CT molecular complexity index is 308. The van der Waals surface area contributed by atoms with Crippen LogP contribution in [0.15, 0.2) is 12.4 Å². The average molecular weight is 207 g/mol. The highest BCUT2D eigenvalue weighted by Crippen LogP contribution is 2.35. The second kappa shape index (κ2) is 4.35. The first-order valence-corrected chi connectivity index (χ1v) is 5.92. The number of hydrogen-bond acceptors (Lipinski definition) is 2. The molecule has 2 N–H and O–H groups in total. The second-order valence-corrected chi connectivity index (χ2v) is 5.10. The highest BCUT2D eigenvalue weighted by atomic mass is 15.3. The molecule has 1 heterocycles. The molecular weight excluding hydrogens is 186 g/mol. The van der Waals surface area contributed by atoms with Crippen LogP contribution in [-0.2, 0) is 6.54 Å². The summed E-state index contributed by atoms with van der Waals surface area (Å²) in [7, 11) is 0. The maximum Gasteiger partial charge on any atom is 0.0534 e. The van der Waals surface area contributed by atoms with Gasteiger partial charge in [0, 0.05) is 18.3 Å². The number of hydrogen-bond donors (Lipinski definition) is 1. The van der Waals surface area contributed by atoms with Crippen LogP contribution >= 0.6 is 0 Å². The van der Waals surface area contributed by atoms with Crippen LogP contribution in [0.1, 0.15) is 44.7 Å². The van der Waals surface area contributed by atoms with E-state index < -0.39 is 0 Å². The SMILES string of the molecule is CC1CC(C)CC(n2cc(CN)cn2)C1. The Hall–Kier alpha value is -0.830. The van der Waals surface area contributed by atoms with E-state index in [1.54, 1.807) is 0 Å². The summed E-state index contributed by atoms with van der Waals surface area (Å²) in [5.41, 5.74) is 6.73. The number of rotatable bonds is 2. The molecule has 1 saturated carbocycles. The van der Waals surface area contributed by atoms with E-state index in [1.807, 2.05) is 6.20 Å². The van der Waals surface area contributed by atoms with Crippen molar-refractivity contribution in [1.29, 1.82) is 0 Å². The van der Waals surface area contributed by atoms with Crippen molar-refractivity contribution in [3.63, 3.8) is 0 Å². The average Bonchev–Trinajstić information content (AvgIpc) is 2.64. The quantitative estimate of drug-likeness (QED) is 0.809. The molecule has 0 aromatic carbocycles. The zero-order valence-electron chi connectivity index (χ0n) is 9.69. The van der Waals surface area contributed by atoms with Crippen molar-refractivity contribution in [1.82, 2.24) is 9.78 Å². The lowest BCUT2D eigenvalue weighted by Gasteiger charge is -2.31. The molecule has 0 spiro atoms. The third-order valence-corrected chi connectivity index (χ3v) is 3.42. The number of nitrogens with two attached hydrogens (primary N) is 1. The summed E-state index contributed by atoms with van der Waals surface area (Å²) < 4.78 is 2.12. The van der Waals surface area contributed by atoms with Gasteiger partial charge in [0.25, 0.3) is 0 Å². The normalized spacial score (nSPS) is 31.8. The Morgan fingerprint density at radius 3 is 2.53 bits per heavy atom. The Kier molecular flexibility index (Phi) is 3.10. The van der Waals surface area contributed by atoms with Crippen LogP contribution in [0.25, 0.3) is 0 Å². The molecule has 3 heteroatoms. The van der Waals surface area contributed by atoms with Gasteiger partial charge in [-0.2, -0.15) is 5.10 Å². The van der Waals surface area contributed by atoms with Gasteiger partial charge in [0.05, 0.1) is 12.2 Å². The summed E-state index contributed by atoms with van der Waals surface area (Å²) >= 11 is 0. The van der Waals surface area contributed by atoms with E-state index in [1.165, 1.54) is 19.3 Å². The van der Waals surface area contributed by atoms with E-state index in [0.29, 0.717) is 12.6 Å². The summed E-state index contributed by atoms with van der Waals surface area (Å²) in [5.74, 6) is 1.65. The van der Waals surface area contributed by atoms with Crippen molar-refractivity contribution < 1.29 is 0 Å². The van der Waals surface area contributed by atoms with Gasteiger partial charge < -0.3 is 5.73 Å². The van der Waals surface area contributed by atoms with Gasteiger partial charge in [0.2, 0.25) is 0 Å². The van der Waals surface area contributed by atoms with Crippen LogP contribution in [0.3, 0.4) is 0 Å². The molecule has 1 aliphatic carbocycles. The summed E-state index contributed by atoms with van der Waals surface area (Å²) in [5, 5.41) is 4.42. The fraction of sp³-hybridized carbons (Fsp3) is 0.750. The molecule has 0 amide bonds. The van der Waals surface area contributed by atoms with Crippen LogP contribution < -0.4 is 5.73 Å². The maximum absolute atomic E-state index is 5.59. The molecule has 0 aliphatic heterocycles. The van der Waals surface area contributed by atoms with Crippen molar-refractivity contribution in [2.24, 2.45) is 17.6 Å². The molecule has 1 aliphatic rings. The van der Waals surface area contributed by atoms with E-state index >= 15 is 0 Å². The van der Waals surface area contributed by atoms with Gasteiger partial charge >= 0.3 is 0 Å². The van der Waals surface area contributed by atoms with E-state index in [-0.39, 0.29) is 0 Å². The van der Waals surface area contributed by atoms with Crippen LogP contribution in [-0.4, -0.2) is 9.78 Å². The molecular formula is C12H21N3. The molecule has 0 radical (unpaired) electrons. The first-order valence-electron chi connectivity index (χ1n) is 5.92. The molecule has 2 atom stereocenters. The molecule has 0 bridgehead atoms. The third kappa shape index (κ3) is 2.40.